The number of halogens is 1. The summed E-state index contributed by atoms with van der Waals surface area (Å²) in [6.07, 6.45) is 2.20. The first-order chi connectivity index (χ1) is 10.1. The number of H-pyrrole nitrogens is 1. The molecule has 0 atom stereocenters. The highest BCUT2D eigenvalue weighted by Gasteiger charge is 2.29. The van der Waals surface area contributed by atoms with Gasteiger partial charge in [-0.3, -0.25) is 4.79 Å². The third kappa shape index (κ3) is 2.76. The topological polar surface area (TPSA) is 64.2 Å². The van der Waals surface area contributed by atoms with Crippen molar-refractivity contribution in [3.8, 4) is 22.9 Å². The van der Waals surface area contributed by atoms with Gasteiger partial charge in [-0.2, -0.15) is 0 Å². The predicted molar refractivity (Wildman–Crippen MR) is 88.1 cm³/mol. The first kappa shape index (κ1) is 14.4. The zero-order valence-electron chi connectivity index (χ0n) is 11.8. The summed E-state index contributed by atoms with van der Waals surface area (Å²) in [5.74, 6) is 2.29. The SMILES string of the molecule is COc1ccc(OC)c(-c2nc(C3CC3)c(I)c(=O)[nH]2)c1. The van der Waals surface area contributed by atoms with Crippen molar-refractivity contribution in [3.05, 3.63) is 37.8 Å². The van der Waals surface area contributed by atoms with Crippen LogP contribution in [0, 0.1) is 3.57 Å². The normalized spacial score (nSPS) is 14.0. The number of nitrogens with zero attached hydrogens (tertiary/aromatic N) is 1. The van der Waals surface area contributed by atoms with E-state index in [9.17, 15) is 4.79 Å². The fraction of sp³-hybridized carbons (Fsp3) is 0.333. The van der Waals surface area contributed by atoms with Gasteiger partial charge in [0.25, 0.3) is 5.56 Å². The Bertz CT molecular complexity index is 738. The molecule has 6 heteroatoms. The molecule has 110 valence electrons. The average molecular weight is 398 g/mol. The van der Waals surface area contributed by atoms with Gasteiger partial charge in [-0.15, -0.1) is 0 Å². The highest BCUT2D eigenvalue weighted by atomic mass is 127. The summed E-state index contributed by atoms with van der Waals surface area (Å²) in [5, 5.41) is 0. The molecule has 5 nitrogen and oxygen atoms in total. The van der Waals surface area contributed by atoms with Gasteiger partial charge < -0.3 is 14.5 Å². The monoisotopic (exact) mass is 398 g/mol. The quantitative estimate of drug-likeness (QED) is 0.805. The van der Waals surface area contributed by atoms with Crippen molar-refractivity contribution >= 4 is 22.6 Å². The molecule has 1 aliphatic rings. The van der Waals surface area contributed by atoms with Crippen LogP contribution in [0.15, 0.2) is 23.0 Å². The van der Waals surface area contributed by atoms with Crippen molar-refractivity contribution in [2.75, 3.05) is 14.2 Å². The van der Waals surface area contributed by atoms with Gasteiger partial charge in [-0.25, -0.2) is 4.98 Å². The van der Waals surface area contributed by atoms with Crippen molar-refractivity contribution in [2.24, 2.45) is 0 Å². The van der Waals surface area contributed by atoms with E-state index in [0.29, 0.717) is 26.8 Å². The summed E-state index contributed by atoms with van der Waals surface area (Å²) in [6, 6.07) is 5.44. The lowest BCUT2D eigenvalue weighted by atomic mass is 10.1. The number of nitrogens with one attached hydrogen (secondary N) is 1. The zero-order valence-corrected chi connectivity index (χ0v) is 13.9. The Morgan fingerprint density at radius 3 is 2.67 bits per heavy atom. The van der Waals surface area contributed by atoms with Crippen LogP contribution in [0.1, 0.15) is 24.5 Å². The second kappa shape index (κ2) is 5.67. The summed E-state index contributed by atoms with van der Waals surface area (Å²) >= 11 is 2.07. The van der Waals surface area contributed by atoms with Crippen LogP contribution >= 0.6 is 22.6 Å². The molecular formula is C15H15IN2O3. The van der Waals surface area contributed by atoms with Gasteiger partial charge in [0.2, 0.25) is 0 Å². The molecule has 0 bridgehead atoms. The maximum absolute atomic E-state index is 12.1. The summed E-state index contributed by atoms with van der Waals surface area (Å²) in [5.41, 5.74) is 1.51. The molecule has 0 saturated heterocycles. The largest absolute Gasteiger partial charge is 0.497 e. The lowest BCUT2D eigenvalue weighted by Gasteiger charge is -2.11. The number of hydrogen-bond acceptors (Lipinski definition) is 4. The molecule has 1 heterocycles. The van der Waals surface area contributed by atoms with E-state index in [2.05, 4.69) is 32.6 Å². The highest BCUT2D eigenvalue weighted by Crippen LogP contribution is 2.41. The number of aromatic amines is 1. The van der Waals surface area contributed by atoms with Crippen molar-refractivity contribution in [3.63, 3.8) is 0 Å². The third-order valence-corrected chi connectivity index (χ3v) is 4.56. The summed E-state index contributed by atoms with van der Waals surface area (Å²) in [4.78, 5) is 19.6. The number of hydrogen-bond donors (Lipinski definition) is 1. The van der Waals surface area contributed by atoms with E-state index in [0.717, 1.165) is 24.1 Å². The smallest absolute Gasteiger partial charge is 0.264 e. The molecule has 0 spiro atoms. The van der Waals surface area contributed by atoms with Crippen LogP contribution in [0.2, 0.25) is 0 Å². The number of ether oxygens (including phenoxy) is 2. The molecule has 1 aromatic heterocycles. The number of methoxy groups -OCH3 is 2. The first-order valence-electron chi connectivity index (χ1n) is 6.66. The minimum absolute atomic E-state index is 0.104. The van der Waals surface area contributed by atoms with E-state index < -0.39 is 0 Å². The molecule has 1 fully saturated rings. The number of rotatable bonds is 4. The van der Waals surface area contributed by atoms with Crippen LogP contribution in [0.5, 0.6) is 11.5 Å². The van der Waals surface area contributed by atoms with Crippen molar-refractivity contribution < 1.29 is 9.47 Å². The van der Waals surface area contributed by atoms with E-state index in [1.165, 1.54) is 0 Å². The Morgan fingerprint density at radius 2 is 2.05 bits per heavy atom. The van der Waals surface area contributed by atoms with Gasteiger partial charge in [0.1, 0.15) is 17.3 Å². The molecule has 0 unspecified atom stereocenters. The Hall–Kier alpha value is -1.57. The lowest BCUT2D eigenvalue weighted by Crippen LogP contribution is -2.16. The van der Waals surface area contributed by atoms with Gasteiger partial charge in [-0.1, -0.05) is 0 Å². The van der Waals surface area contributed by atoms with E-state index in [-0.39, 0.29) is 5.56 Å². The highest BCUT2D eigenvalue weighted by molar-refractivity contribution is 14.1. The standard InChI is InChI=1S/C15H15IN2O3/c1-20-9-5-6-11(21-2)10(7-9)14-17-13(8-3-4-8)12(16)15(19)18-14/h5-8H,3-4H2,1-2H3,(H,17,18,19). The molecule has 3 rings (SSSR count). The maximum atomic E-state index is 12.1. The molecule has 1 aliphatic carbocycles. The van der Waals surface area contributed by atoms with E-state index in [1.54, 1.807) is 14.2 Å². The fourth-order valence-corrected chi connectivity index (χ4v) is 2.93. The molecule has 0 amide bonds. The van der Waals surface area contributed by atoms with E-state index >= 15 is 0 Å². The van der Waals surface area contributed by atoms with Gasteiger partial charge in [0.15, 0.2) is 0 Å². The average Bonchev–Trinajstić information content (AvgIpc) is 3.33. The Balaban J connectivity index is 2.18. The Labute approximate surface area is 135 Å². The van der Waals surface area contributed by atoms with Crippen LogP contribution in [0.25, 0.3) is 11.4 Å². The predicted octanol–water partition coefficient (Wildman–Crippen LogP) is 2.94. The third-order valence-electron chi connectivity index (χ3n) is 3.51. The molecule has 2 aromatic rings. The van der Waals surface area contributed by atoms with Gasteiger partial charge in [0, 0.05) is 5.92 Å². The minimum atomic E-state index is -0.104. The van der Waals surface area contributed by atoms with Crippen molar-refractivity contribution in [1.29, 1.82) is 0 Å². The van der Waals surface area contributed by atoms with Crippen LogP contribution < -0.4 is 15.0 Å². The second-order valence-corrected chi connectivity index (χ2v) is 6.03. The van der Waals surface area contributed by atoms with Crippen molar-refractivity contribution in [2.45, 2.75) is 18.8 Å². The molecule has 1 aromatic carbocycles. The van der Waals surface area contributed by atoms with E-state index in [1.807, 2.05) is 18.2 Å². The van der Waals surface area contributed by atoms with Gasteiger partial charge in [0.05, 0.1) is 29.0 Å². The van der Waals surface area contributed by atoms with Gasteiger partial charge in [-0.05, 0) is 53.6 Å². The first-order valence-corrected chi connectivity index (χ1v) is 7.74. The summed E-state index contributed by atoms with van der Waals surface area (Å²) in [7, 11) is 3.20. The van der Waals surface area contributed by atoms with Crippen molar-refractivity contribution in [1.82, 2.24) is 9.97 Å². The minimum Gasteiger partial charge on any atom is -0.497 e. The van der Waals surface area contributed by atoms with E-state index in [4.69, 9.17) is 9.47 Å². The zero-order chi connectivity index (χ0) is 15.0. The van der Waals surface area contributed by atoms with Gasteiger partial charge >= 0.3 is 0 Å². The maximum Gasteiger partial charge on any atom is 0.264 e. The Morgan fingerprint density at radius 1 is 1.29 bits per heavy atom. The lowest BCUT2D eigenvalue weighted by molar-refractivity contribution is 0.404. The summed E-state index contributed by atoms with van der Waals surface area (Å²) in [6.45, 7) is 0. The number of benzene rings is 1. The molecule has 0 radical (unpaired) electrons. The molecule has 21 heavy (non-hydrogen) atoms. The molecule has 0 aliphatic heterocycles. The van der Waals surface area contributed by atoms with Crippen LogP contribution in [0.4, 0.5) is 0 Å². The second-order valence-electron chi connectivity index (χ2n) is 4.95. The molecular weight excluding hydrogens is 383 g/mol. The van der Waals surface area contributed by atoms with Crippen LogP contribution in [-0.2, 0) is 0 Å². The van der Waals surface area contributed by atoms with Crippen LogP contribution in [0.3, 0.4) is 0 Å². The molecule has 1 saturated carbocycles. The molecule has 1 N–H and O–H groups in total. The number of aromatic nitrogens is 2. The fourth-order valence-electron chi connectivity index (χ4n) is 2.23. The Kier molecular flexibility index (Phi) is 3.88. The van der Waals surface area contributed by atoms with Crippen LogP contribution in [-0.4, -0.2) is 24.2 Å². The summed E-state index contributed by atoms with van der Waals surface area (Å²) < 4.78 is 11.3.